The monoisotopic (exact) mass is 672 g/mol. The fourth-order valence-electron chi connectivity index (χ4n) is 5.70. The van der Waals surface area contributed by atoms with Crippen LogP contribution in [0.4, 0.5) is 11.4 Å². The molecule has 0 spiro atoms. The number of nitrogens with zero attached hydrogens (tertiary/aromatic N) is 2. The molecule has 2 fully saturated rings. The van der Waals surface area contributed by atoms with Gasteiger partial charge < -0.3 is 19.3 Å². The third-order valence-electron chi connectivity index (χ3n) is 8.37. The average molecular weight is 673 g/mol. The molecule has 0 unspecified atom stereocenters. The van der Waals surface area contributed by atoms with E-state index in [1.54, 1.807) is 19.2 Å². The molecule has 2 saturated heterocycles. The SMILES string of the molecule is COc1ccc2ccccc2c1C=O.O=Cc1ccc(N2CCCCC2)cc1.O=Cc1ccccc1.O=Cc1ccccc1N1CCOCC1. The normalized spacial score (nSPS) is 13.5. The lowest BCUT2D eigenvalue weighted by molar-refractivity contribution is 0.111. The largest absolute Gasteiger partial charge is 0.496 e. The molecular formula is C42H44N2O6. The first-order valence-electron chi connectivity index (χ1n) is 16.8. The van der Waals surface area contributed by atoms with Gasteiger partial charge in [-0.2, -0.15) is 0 Å². The number of hydrogen-bond acceptors (Lipinski definition) is 8. The molecule has 2 aliphatic heterocycles. The fourth-order valence-corrected chi connectivity index (χ4v) is 5.70. The van der Waals surface area contributed by atoms with Gasteiger partial charge in [0.1, 0.15) is 18.3 Å². The van der Waals surface area contributed by atoms with E-state index in [0.717, 1.165) is 97.7 Å². The standard InChI is InChI=1S/C12H15NO.C12H10O2.C11H13NO2.C7H6O/c14-10-11-4-6-12(7-5-11)13-8-2-1-3-9-13;1-14-12-7-6-9-4-2-3-5-10(9)11(12)8-13;13-9-10-3-1-2-4-11(10)12-5-7-14-8-6-12;8-6-7-4-2-1-3-5-7/h4-7,10H,1-3,8-9H2;2-8H,1H3;1-4,9H,5-8H2;1-6H. The van der Waals surface area contributed by atoms with Crippen LogP contribution < -0.4 is 14.5 Å². The van der Waals surface area contributed by atoms with Crippen LogP contribution in [-0.4, -0.2) is 71.6 Å². The Kier molecular flexibility index (Phi) is 15.4. The molecule has 0 aromatic heterocycles. The highest BCUT2D eigenvalue weighted by Crippen LogP contribution is 2.26. The minimum absolute atomic E-state index is 0.616. The number of aldehydes is 4. The Morgan fingerprint density at radius 1 is 0.560 bits per heavy atom. The molecule has 0 saturated carbocycles. The van der Waals surface area contributed by atoms with Crippen molar-refractivity contribution >= 4 is 47.3 Å². The quantitative estimate of drug-likeness (QED) is 0.161. The van der Waals surface area contributed by atoms with Crippen LogP contribution in [0, 0.1) is 0 Å². The Labute approximate surface area is 294 Å². The zero-order valence-electron chi connectivity index (χ0n) is 28.5. The molecule has 50 heavy (non-hydrogen) atoms. The van der Waals surface area contributed by atoms with Gasteiger partial charge in [0.05, 0.1) is 25.9 Å². The second kappa shape index (κ2) is 20.7. The maximum absolute atomic E-state index is 10.9. The molecular weight excluding hydrogens is 628 g/mol. The molecule has 0 N–H and O–H groups in total. The van der Waals surface area contributed by atoms with Crippen LogP contribution in [0.3, 0.4) is 0 Å². The van der Waals surface area contributed by atoms with Crippen molar-refractivity contribution in [2.24, 2.45) is 0 Å². The van der Waals surface area contributed by atoms with Gasteiger partial charge in [-0.25, -0.2) is 0 Å². The number of morpholine rings is 1. The molecule has 0 atom stereocenters. The summed E-state index contributed by atoms with van der Waals surface area (Å²) in [5, 5.41) is 1.98. The summed E-state index contributed by atoms with van der Waals surface area (Å²) in [6.45, 7) is 5.52. The smallest absolute Gasteiger partial charge is 0.154 e. The Balaban J connectivity index is 0.000000153. The summed E-state index contributed by atoms with van der Waals surface area (Å²) < 4.78 is 10.4. The van der Waals surface area contributed by atoms with Gasteiger partial charge in [0.25, 0.3) is 0 Å². The summed E-state index contributed by atoms with van der Waals surface area (Å²) >= 11 is 0. The summed E-state index contributed by atoms with van der Waals surface area (Å²) in [7, 11) is 1.57. The minimum atomic E-state index is 0.616. The number of rotatable bonds is 7. The number of fused-ring (bicyclic) bond motifs is 1. The summed E-state index contributed by atoms with van der Waals surface area (Å²) in [5.41, 5.74) is 5.12. The predicted molar refractivity (Wildman–Crippen MR) is 200 cm³/mol. The van der Waals surface area contributed by atoms with E-state index in [2.05, 4.69) is 9.80 Å². The molecule has 0 amide bonds. The van der Waals surface area contributed by atoms with E-state index >= 15 is 0 Å². The van der Waals surface area contributed by atoms with Crippen LogP contribution >= 0.6 is 0 Å². The van der Waals surface area contributed by atoms with Crippen LogP contribution in [0.2, 0.25) is 0 Å². The molecule has 2 heterocycles. The number of hydrogen-bond donors (Lipinski definition) is 0. The van der Waals surface area contributed by atoms with Crippen molar-refractivity contribution in [2.45, 2.75) is 19.3 Å². The third-order valence-corrected chi connectivity index (χ3v) is 8.37. The van der Waals surface area contributed by atoms with E-state index < -0.39 is 0 Å². The topological polar surface area (TPSA) is 93.2 Å². The Bertz CT molecular complexity index is 1780. The Hall–Kier alpha value is -5.60. The van der Waals surface area contributed by atoms with Gasteiger partial charge >= 0.3 is 0 Å². The second-order valence-corrected chi connectivity index (χ2v) is 11.6. The van der Waals surface area contributed by atoms with E-state index in [-0.39, 0.29) is 0 Å². The average Bonchev–Trinajstić information content (AvgIpc) is 3.22. The predicted octanol–water partition coefficient (Wildman–Crippen LogP) is 7.99. The first-order chi connectivity index (χ1) is 24.6. The number of methoxy groups -OCH3 is 1. The van der Waals surface area contributed by atoms with Crippen molar-refractivity contribution in [3.05, 3.63) is 138 Å². The fraction of sp³-hybridized carbons (Fsp3) is 0.238. The van der Waals surface area contributed by atoms with Crippen LogP contribution in [0.25, 0.3) is 10.8 Å². The van der Waals surface area contributed by atoms with Crippen LogP contribution in [0.15, 0.2) is 115 Å². The first-order valence-corrected chi connectivity index (χ1v) is 16.8. The molecule has 2 aliphatic rings. The maximum Gasteiger partial charge on any atom is 0.154 e. The van der Waals surface area contributed by atoms with E-state index in [9.17, 15) is 19.2 Å². The molecule has 0 radical (unpaired) electrons. The van der Waals surface area contributed by atoms with E-state index in [1.165, 1.54) is 24.9 Å². The van der Waals surface area contributed by atoms with Gasteiger partial charge in [-0.1, -0.05) is 72.8 Å². The van der Waals surface area contributed by atoms with Crippen molar-refractivity contribution in [1.29, 1.82) is 0 Å². The number of benzene rings is 5. The number of carbonyl (C=O) groups is 4. The van der Waals surface area contributed by atoms with Gasteiger partial charge in [0.15, 0.2) is 12.6 Å². The van der Waals surface area contributed by atoms with Gasteiger partial charge in [-0.3, -0.25) is 19.2 Å². The molecule has 0 bridgehead atoms. The van der Waals surface area contributed by atoms with Crippen molar-refractivity contribution in [1.82, 2.24) is 0 Å². The molecule has 7 rings (SSSR count). The van der Waals surface area contributed by atoms with Crippen LogP contribution in [0.5, 0.6) is 5.75 Å². The van der Waals surface area contributed by atoms with Gasteiger partial charge in [-0.15, -0.1) is 0 Å². The second-order valence-electron chi connectivity index (χ2n) is 11.6. The molecule has 0 aliphatic carbocycles. The number of piperidine rings is 1. The summed E-state index contributed by atoms with van der Waals surface area (Å²) in [5.74, 6) is 0.624. The number of para-hydroxylation sites is 1. The molecule has 258 valence electrons. The van der Waals surface area contributed by atoms with Crippen molar-refractivity contribution in [3.63, 3.8) is 0 Å². The minimum Gasteiger partial charge on any atom is -0.496 e. The number of carbonyl (C=O) groups excluding carboxylic acids is 4. The van der Waals surface area contributed by atoms with E-state index in [0.29, 0.717) is 11.3 Å². The zero-order chi connectivity index (χ0) is 35.4. The lowest BCUT2D eigenvalue weighted by Gasteiger charge is -2.29. The van der Waals surface area contributed by atoms with E-state index in [4.69, 9.17) is 9.47 Å². The number of anilines is 2. The van der Waals surface area contributed by atoms with Gasteiger partial charge in [0.2, 0.25) is 0 Å². The van der Waals surface area contributed by atoms with Crippen molar-refractivity contribution in [3.8, 4) is 5.75 Å². The summed E-state index contributed by atoms with van der Waals surface area (Å²) in [6, 6.07) is 36.1. The summed E-state index contributed by atoms with van der Waals surface area (Å²) in [4.78, 5) is 46.8. The van der Waals surface area contributed by atoms with Gasteiger partial charge in [0, 0.05) is 54.2 Å². The summed E-state index contributed by atoms with van der Waals surface area (Å²) in [6.07, 6.45) is 7.39. The molecule has 5 aromatic rings. The molecule has 8 heteroatoms. The number of ether oxygens (including phenoxy) is 2. The maximum atomic E-state index is 10.9. The highest BCUT2D eigenvalue weighted by Gasteiger charge is 2.13. The van der Waals surface area contributed by atoms with Crippen molar-refractivity contribution < 1.29 is 28.7 Å². The van der Waals surface area contributed by atoms with Crippen LogP contribution in [-0.2, 0) is 4.74 Å². The highest BCUT2D eigenvalue weighted by molar-refractivity contribution is 6.00. The Morgan fingerprint density at radius 3 is 1.80 bits per heavy atom. The third kappa shape index (κ3) is 11.0. The van der Waals surface area contributed by atoms with Crippen molar-refractivity contribution in [2.75, 3.05) is 56.3 Å². The highest BCUT2D eigenvalue weighted by atomic mass is 16.5. The molecule has 8 nitrogen and oxygen atoms in total. The lowest BCUT2D eigenvalue weighted by Crippen LogP contribution is -2.36. The first kappa shape index (κ1) is 37.2. The Morgan fingerprint density at radius 2 is 1.18 bits per heavy atom. The lowest BCUT2D eigenvalue weighted by atomic mass is 10.0. The van der Waals surface area contributed by atoms with Crippen LogP contribution in [0.1, 0.15) is 60.7 Å². The van der Waals surface area contributed by atoms with E-state index in [1.807, 2.05) is 103 Å². The molecule has 5 aromatic carbocycles. The zero-order valence-corrected chi connectivity index (χ0v) is 28.5. The van der Waals surface area contributed by atoms with Gasteiger partial charge in [-0.05, 0) is 72.5 Å².